The minimum atomic E-state index is -0.696. The number of rotatable bonds is 5. The van der Waals surface area contributed by atoms with Gasteiger partial charge in [0.25, 0.3) is 0 Å². The van der Waals surface area contributed by atoms with E-state index in [4.69, 9.17) is 0 Å². The maximum atomic E-state index is 12.5. The molecular weight excluding hydrogens is 336 g/mol. The molecule has 0 bridgehead atoms. The van der Waals surface area contributed by atoms with Crippen molar-refractivity contribution in [2.75, 3.05) is 11.5 Å². The van der Waals surface area contributed by atoms with Gasteiger partial charge < -0.3 is 5.32 Å². The molecule has 1 amide bonds. The molecule has 1 saturated heterocycles. The molecule has 2 aromatic heterocycles. The molecule has 0 atom stereocenters. The topological polar surface area (TPSA) is 145 Å². The highest BCUT2D eigenvalue weighted by atomic mass is 32.2. The van der Waals surface area contributed by atoms with E-state index in [1.54, 1.807) is 18.8 Å². The predicted octanol–water partition coefficient (Wildman–Crippen LogP) is -0.0774. The summed E-state index contributed by atoms with van der Waals surface area (Å²) in [6.07, 6.45) is 2.46. The van der Waals surface area contributed by atoms with Crippen molar-refractivity contribution in [2.24, 2.45) is 7.05 Å². The number of thioether (sulfide) groups is 1. The van der Waals surface area contributed by atoms with Crippen LogP contribution in [0.2, 0.25) is 0 Å². The van der Waals surface area contributed by atoms with Crippen LogP contribution in [0.4, 0.5) is 5.69 Å². The number of H-pyrrole nitrogens is 1. The summed E-state index contributed by atoms with van der Waals surface area (Å²) in [6.45, 7) is 0. The third kappa shape index (κ3) is 3.22. The monoisotopic (exact) mass is 352 g/mol. The molecule has 0 radical (unpaired) electrons. The molecule has 1 aliphatic rings. The molecule has 0 aliphatic carbocycles. The van der Waals surface area contributed by atoms with Crippen LogP contribution in [0.3, 0.4) is 0 Å². The Hall–Kier alpha value is -2.50. The molecule has 12 heteroatoms. The molecule has 3 rings (SSSR count). The predicted molar refractivity (Wildman–Crippen MR) is 84.1 cm³/mol. The van der Waals surface area contributed by atoms with Gasteiger partial charge in [-0.3, -0.25) is 19.6 Å². The van der Waals surface area contributed by atoms with Gasteiger partial charge in [0.05, 0.1) is 11.3 Å². The maximum absolute atomic E-state index is 12.5. The summed E-state index contributed by atoms with van der Waals surface area (Å²) in [5.74, 6) is 1.80. The van der Waals surface area contributed by atoms with E-state index in [9.17, 15) is 14.9 Å². The van der Waals surface area contributed by atoms with Gasteiger partial charge in [0.2, 0.25) is 5.91 Å². The lowest BCUT2D eigenvalue weighted by Crippen LogP contribution is -2.49. The Morgan fingerprint density at radius 2 is 2.29 bits per heavy atom. The molecule has 24 heavy (non-hydrogen) atoms. The molecule has 0 aromatic carbocycles. The summed E-state index contributed by atoms with van der Waals surface area (Å²) in [7, 11) is 1.58. The highest BCUT2D eigenvalue weighted by Gasteiger charge is 2.39. The molecule has 1 aliphatic heterocycles. The van der Waals surface area contributed by atoms with Gasteiger partial charge >= 0.3 is 5.69 Å². The van der Waals surface area contributed by atoms with Gasteiger partial charge in [-0.1, -0.05) is 5.21 Å². The molecule has 1 fully saturated rings. The Morgan fingerprint density at radius 1 is 1.54 bits per heavy atom. The number of carbonyl (C=O) groups excluding carboxylic acids is 1. The summed E-state index contributed by atoms with van der Waals surface area (Å²) in [5, 5.41) is 32.0. The lowest BCUT2D eigenvalue weighted by molar-refractivity contribution is -0.385. The van der Waals surface area contributed by atoms with Crippen LogP contribution < -0.4 is 5.32 Å². The van der Waals surface area contributed by atoms with Crippen molar-refractivity contribution < 1.29 is 9.72 Å². The lowest BCUT2D eigenvalue weighted by atomic mass is 9.91. The fourth-order valence-corrected chi connectivity index (χ4v) is 3.94. The first kappa shape index (κ1) is 16.4. The number of carbonyl (C=O) groups is 1. The van der Waals surface area contributed by atoms with Crippen molar-refractivity contribution in [3.05, 3.63) is 27.8 Å². The fourth-order valence-electron chi connectivity index (χ4n) is 2.75. The van der Waals surface area contributed by atoms with E-state index in [0.717, 1.165) is 11.5 Å². The van der Waals surface area contributed by atoms with E-state index in [1.807, 2.05) is 0 Å². The van der Waals surface area contributed by atoms with Crippen LogP contribution in [0.25, 0.3) is 0 Å². The molecule has 0 saturated carbocycles. The summed E-state index contributed by atoms with van der Waals surface area (Å²) in [6, 6.07) is 0. The van der Waals surface area contributed by atoms with E-state index in [-0.39, 0.29) is 23.7 Å². The highest BCUT2D eigenvalue weighted by molar-refractivity contribution is 7.99. The van der Waals surface area contributed by atoms with E-state index < -0.39 is 10.5 Å². The van der Waals surface area contributed by atoms with E-state index in [2.05, 4.69) is 31.0 Å². The molecule has 128 valence electrons. The molecule has 11 nitrogen and oxygen atoms in total. The zero-order chi connectivity index (χ0) is 17.2. The van der Waals surface area contributed by atoms with Gasteiger partial charge in [-0.25, -0.2) is 0 Å². The average molecular weight is 352 g/mol. The molecule has 2 N–H and O–H groups in total. The van der Waals surface area contributed by atoms with Crippen molar-refractivity contribution in [3.63, 3.8) is 0 Å². The number of tetrazole rings is 1. The zero-order valence-corrected chi connectivity index (χ0v) is 13.7. The van der Waals surface area contributed by atoms with Crippen LogP contribution in [0.1, 0.15) is 24.4 Å². The van der Waals surface area contributed by atoms with Gasteiger partial charge in [-0.05, 0) is 24.3 Å². The summed E-state index contributed by atoms with van der Waals surface area (Å²) in [5.41, 5.74) is -0.729. The zero-order valence-electron chi connectivity index (χ0n) is 12.9. The Kier molecular flexibility index (Phi) is 4.46. The number of aromatic nitrogens is 6. The fraction of sp³-hybridized carbons (Fsp3) is 0.583. The van der Waals surface area contributed by atoms with Crippen LogP contribution in [-0.4, -0.2) is 52.7 Å². The second-order valence-electron chi connectivity index (χ2n) is 5.55. The number of hydrogen-bond acceptors (Lipinski definition) is 8. The van der Waals surface area contributed by atoms with Crippen LogP contribution in [0.5, 0.6) is 0 Å². The Bertz CT molecular complexity index is 738. The second kappa shape index (κ2) is 6.55. The van der Waals surface area contributed by atoms with Crippen molar-refractivity contribution >= 4 is 23.4 Å². The number of nitro groups is 1. The first-order chi connectivity index (χ1) is 11.5. The van der Waals surface area contributed by atoms with E-state index >= 15 is 0 Å². The molecule has 2 aromatic rings. The van der Waals surface area contributed by atoms with Gasteiger partial charge in [-0.15, -0.1) is 10.2 Å². The SMILES string of the molecule is Cn1cc([N+](=O)[O-])c(CC(=O)NC2(c3nn[nH]n3)CCSCC2)n1. The Morgan fingerprint density at radius 3 is 2.92 bits per heavy atom. The van der Waals surface area contributed by atoms with Crippen LogP contribution in [0.15, 0.2) is 6.20 Å². The van der Waals surface area contributed by atoms with E-state index in [1.165, 1.54) is 10.9 Å². The van der Waals surface area contributed by atoms with Gasteiger partial charge in [0.15, 0.2) is 5.82 Å². The quantitative estimate of drug-likeness (QED) is 0.561. The first-order valence-electron chi connectivity index (χ1n) is 7.30. The van der Waals surface area contributed by atoms with Crippen molar-refractivity contribution in [1.82, 2.24) is 35.7 Å². The van der Waals surface area contributed by atoms with Crippen LogP contribution >= 0.6 is 11.8 Å². The van der Waals surface area contributed by atoms with Gasteiger partial charge in [0.1, 0.15) is 17.4 Å². The molecule has 3 heterocycles. The lowest BCUT2D eigenvalue weighted by Gasteiger charge is -2.34. The number of nitrogens with one attached hydrogen (secondary N) is 2. The number of nitrogens with zero attached hydrogens (tertiary/aromatic N) is 6. The third-order valence-corrected chi connectivity index (χ3v) is 4.89. The highest BCUT2D eigenvalue weighted by Crippen LogP contribution is 2.34. The summed E-state index contributed by atoms with van der Waals surface area (Å²) >= 11 is 1.79. The van der Waals surface area contributed by atoms with Gasteiger partial charge in [0, 0.05) is 7.05 Å². The van der Waals surface area contributed by atoms with Crippen molar-refractivity contribution in [2.45, 2.75) is 24.8 Å². The number of aromatic amines is 1. The first-order valence-corrected chi connectivity index (χ1v) is 8.45. The van der Waals surface area contributed by atoms with Crippen molar-refractivity contribution in [3.8, 4) is 0 Å². The maximum Gasteiger partial charge on any atom is 0.310 e. The van der Waals surface area contributed by atoms with Crippen LogP contribution in [-0.2, 0) is 23.8 Å². The number of amides is 1. The Labute approximate surface area is 140 Å². The van der Waals surface area contributed by atoms with Crippen LogP contribution in [0, 0.1) is 10.1 Å². The molecular formula is C12H16N8O3S. The number of hydrogen-bond donors (Lipinski definition) is 2. The minimum Gasteiger partial charge on any atom is -0.343 e. The summed E-state index contributed by atoms with van der Waals surface area (Å²) in [4.78, 5) is 23.0. The normalized spacial score (nSPS) is 16.7. The minimum absolute atomic E-state index is 0.133. The largest absolute Gasteiger partial charge is 0.343 e. The molecule has 0 unspecified atom stereocenters. The smallest absolute Gasteiger partial charge is 0.310 e. The standard InChI is InChI=1S/C12H16N8O3S/c1-19-7-9(20(22)23)8(16-19)6-10(21)13-12(2-4-24-5-3-12)11-14-17-18-15-11/h7H,2-6H2,1H3,(H,13,21)(H,14,15,17,18). The average Bonchev–Trinajstić information content (AvgIpc) is 3.18. The van der Waals surface area contributed by atoms with Gasteiger partial charge in [-0.2, -0.15) is 22.1 Å². The Balaban J connectivity index is 1.79. The number of aryl methyl sites for hydroxylation is 1. The summed E-state index contributed by atoms with van der Waals surface area (Å²) < 4.78 is 1.33. The second-order valence-corrected chi connectivity index (χ2v) is 6.77. The van der Waals surface area contributed by atoms with E-state index in [0.29, 0.717) is 18.7 Å². The van der Waals surface area contributed by atoms with Crippen molar-refractivity contribution in [1.29, 1.82) is 0 Å². The molecule has 0 spiro atoms. The third-order valence-electron chi connectivity index (χ3n) is 3.91.